The van der Waals surface area contributed by atoms with E-state index in [0.29, 0.717) is 11.2 Å². The normalized spacial score (nSPS) is 26.8. The first kappa shape index (κ1) is 13.7. The van der Waals surface area contributed by atoms with Gasteiger partial charge in [-0.25, -0.2) is 9.36 Å². The van der Waals surface area contributed by atoms with Crippen molar-refractivity contribution in [3.05, 3.63) is 44.1 Å². The fraction of sp³-hybridized carbons (Fsp3) is 0.538. The number of ether oxygens (including phenoxy) is 2. The molecule has 0 saturated heterocycles. The Balaban J connectivity index is 2.07. The van der Waals surface area contributed by atoms with E-state index in [4.69, 9.17) is 9.47 Å². The number of allylic oxidation sites excluding steroid dienone is 1. The van der Waals surface area contributed by atoms with E-state index < -0.39 is 0 Å². The Morgan fingerprint density at radius 2 is 1.90 bits per heavy atom. The van der Waals surface area contributed by atoms with Crippen LogP contribution in [0.15, 0.2) is 27.1 Å². The summed E-state index contributed by atoms with van der Waals surface area (Å²) in [5.74, 6) is 0.665. The lowest BCUT2D eigenvalue weighted by atomic mass is 10.2. The number of hydrogen-bond donors (Lipinski definition) is 0. The van der Waals surface area contributed by atoms with Gasteiger partial charge in [0.05, 0.1) is 0 Å². The molecule has 1 aromatic heterocycles. The van der Waals surface area contributed by atoms with E-state index in [9.17, 15) is 9.59 Å². The van der Waals surface area contributed by atoms with Gasteiger partial charge in [-0.05, 0) is 11.3 Å². The lowest BCUT2D eigenvalue weighted by Gasteiger charge is -2.14. The van der Waals surface area contributed by atoms with E-state index in [1.165, 1.54) is 24.9 Å². The molecular weight excluding hydrogens is 280 g/mol. The van der Waals surface area contributed by atoms with Crippen molar-refractivity contribution in [2.24, 2.45) is 5.92 Å². The molecule has 7 heteroatoms. The quantitative estimate of drug-likeness (QED) is 0.794. The number of aromatic nitrogens is 2. The zero-order valence-corrected chi connectivity index (χ0v) is 12.1. The van der Waals surface area contributed by atoms with Gasteiger partial charge in [-0.2, -0.15) is 0 Å². The third-order valence-corrected chi connectivity index (χ3v) is 4.95. The molecule has 0 amide bonds. The van der Waals surface area contributed by atoms with Crippen LogP contribution in [0.25, 0.3) is 0 Å². The molecule has 3 rings (SSSR count). The standard InChI is InChI=1S/C13H16N2O4S/c1-18-6-14-9(11-8-3-4-20-12(8)11)5-10(16)15(7-19-2)13(14)17/h3-5,8,11-12H,6-7H2,1-2H3/t8-,11+,12-/m1/s1. The number of hydrogen-bond acceptors (Lipinski definition) is 5. The van der Waals surface area contributed by atoms with E-state index in [0.717, 1.165) is 10.3 Å². The molecule has 1 aromatic rings. The fourth-order valence-corrected chi connectivity index (χ4v) is 4.01. The number of methoxy groups -OCH3 is 2. The Bertz CT molecular complexity index is 663. The maximum Gasteiger partial charge on any atom is 0.335 e. The van der Waals surface area contributed by atoms with E-state index in [1.807, 2.05) is 0 Å². The van der Waals surface area contributed by atoms with Crippen molar-refractivity contribution in [1.82, 2.24) is 9.13 Å². The van der Waals surface area contributed by atoms with Crippen LogP contribution in [0, 0.1) is 5.92 Å². The average Bonchev–Trinajstić information content (AvgIpc) is 2.90. The molecule has 0 radical (unpaired) electrons. The Hall–Kier alpha value is -1.31. The van der Waals surface area contributed by atoms with Crippen LogP contribution in [-0.4, -0.2) is 28.6 Å². The van der Waals surface area contributed by atoms with Crippen molar-refractivity contribution < 1.29 is 9.47 Å². The molecule has 1 fully saturated rings. The van der Waals surface area contributed by atoms with E-state index >= 15 is 0 Å². The van der Waals surface area contributed by atoms with Crippen LogP contribution in [-0.2, 0) is 22.9 Å². The highest BCUT2D eigenvalue weighted by Crippen LogP contribution is 2.59. The minimum absolute atomic E-state index is 0.0478. The third-order valence-electron chi connectivity index (χ3n) is 3.71. The molecule has 3 atom stereocenters. The molecular formula is C13H16N2O4S. The van der Waals surface area contributed by atoms with Crippen molar-refractivity contribution >= 4 is 11.8 Å². The zero-order chi connectivity index (χ0) is 14.3. The smallest absolute Gasteiger partial charge is 0.335 e. The summed E-state index contributed by atoms with van der Waals surface area (Å²) in [6.07, 6.45) is 2.14. The Morgan fingerprint density at radius 3 is 2.50 bits per heavy atom. The van der Waals surface area contributed by atoms with E-state index in [-0.39, 0.29) is 30.6 Å². The van der Waals surface area contributed by atoms with E-state index in [1.54, 1.807) is 11.8 Å². The SMILES string of the molecule is COCn1c([C@@H]2[C@H]3C=CS[C@H]32)cc(=O)n(COC)c1=O. The minimum atomic E-state index is -0.379. The Labute approximate surface area is 120 Å². The van der Waals surface area contributed by atoms with Crippen molar-refractivity contribution in [2.75, 3.05) is 14.2 Å². The first-order valence-electron chi connectivity index (χ1n) is 6.33. The molecule has 0 N–H and O–H groups in total. The molecule has 108 valence electrons. The van der Waals surface area contributed by atoms with Gasteiger partial charge in [0.25, 0.3) is 5.56 Å². The fourth-order valence-electron chi connectivity index (χ4n) is 2.72. The Morgan fingerprint density at radius 1 is 1.20 bits per heavy atom. The molecule has 2 aliphatic rings. The van der Waals surface area contributed by atoms with Gasteiger partial charge in [0.1, 0.15) is 13.5 Å². The van der Waals surface area contributed by atoms with Gasteiger partial charge in [0, 0.05) is 37.1 Å². The van der Waals surface area contributed by atoms with Crippen molar-refractivity contribution in [3.63, 3.8) is 0 Å². The molecule has 1 aliphatic carbocycles. The highest BCUT2D eigenvalue weighted by atomic mass is 32.2. The van der Waals surface area contributed by atoms with Crippen LogP contribution < -0.4 is 11.2 Å². The van der Waals surface area contributed by atoms with Crippen molar-refractivity contribution in [3.8, 4) is 0 Å². The van der Waals surface area contributed by atoms with Crippen LogP contribution in [0.1, 0.15) is 11.6 Å². The second-order valence-corrected chi connectivity index (χ2v) is 6.00. The van der Waals surface area contributed by atoms with Gasteiger partial charge in [0.2, 0.25) is 0 Å². The van der Waals surface area contributed by atoms with Gasteiger partial charge < -0.3 is 9.47 Å². The predicted molar refractivity (Wildman–Crippen MR) is 75.7 cm³/mol. The van der Waals surface area contributed by atoms with Crippen LogP contribution in [0.2, 0.25) is 0 Å². The topological polar surface area (TPSA) is 62.5 Å². The van der Waals surface area contributed by atoms with E-state index in [2.05, 4.69) is 11.5 Å². The van der Waals surface area contributed by atoms with Crippen molar-refractivity contribution in [1.29, 1.82) is 0 Å². The average molecular weight is 296 g/mol. The van der Waals surface area contributed by atoms with Crippen LogP contribution in [0.4, 0.5) is 0 Å². The number of fused-ring (bicyclic) bond motifs is 1. The first-order chi connectivity index (χ1) is 9.69. The molecule has 6 nitrogen and oxygen atoms in total. The molecule has 2 heterocycles. The molecule has 0 bridgehead atoms. The maximum atomic E-state index is 12.4. The molecule has 20 heavy (non-hydrogen) atoms. The van der Waals surface area contributed by atoms with Crippen molar-refractivity contribution in [2.45, 2.75) is 24.6 Å². The summed E-state index contributed by atoms with van der Waals surface area (Å²) in [6.45, 7) is 0.0936. The van der Waals surface area contributed by atoms with Crippen LogP contribution in [0.3, 0.4) is 0 Å². The molecule has 0 spiro atoms. The number of nitrogens with zero attached hydrogens (tertiary/aromatic N) is 2. The van der Waals surface area contributed by atoms with Gasteiger partial charge in [-0.3, -0.25) is 9.36 Å². The van der Waals surface area contributed by atoms with Gasteiger partial charge >= 0.3 is 5.69 Å². The monoisotopic (exact) mass is 296 g/mol. The zero-order valence-electron chi connectivity index (χ0n) is 11.3. The lowest BCUT2D eigenvalue weighted by molar-refractivity contribution is 0.103. The largest absolute Gasteiger partial charge is 0.364 e. The molecule has 0 aromatic carbocycles. The highest BCUT2D eigenvalue weighted by Gasteiger charge is 2.53. The van der Waals surface area contributed by atoms with Crippen LogP contribution in [0.5, 0.6) is 0 Å². The second kappa shape index (κ2) is 5.23. The first-order valence-corrected chi connectivity index (χ1v) is 7.28. The summed E-state index contributed by atoms with van der Waals surface area (Å²) in [5.41, 5.74) is 0.0642. The molecule has 1 aliphatic heterocycles. The second-order valence-electron chi connectivity index (χ2n) is 4.91. The third kappa shape index (κ3) is 2.06. The number of thioether (sulfide) groups is 1. The lowest BCUT2D eigenvalue weighted by Crippen LogP contribution is -2.41. The summed E-state index contributed by atoms with van der Waals surface area (Å²) in [5, 5.41) is 2.53. The van der Waals surface area contributed by atoms with Gasteiger partial charge in [-0.1, -0.05) is 6.08 Å². The summed E-state index contributed by atoms with van der Waals surface area (Å²) in [7, 11) is 2.98. The summed E-state index contributed by atoms with van der Waals surface area (Å²) in [4.78, 5) is 24.4. The van der Waals surface area contributed by atoms with Gasteiger partial charge in [0.15, 0.2) is 0 Å². The maximum absolute atomic E-state index is 12.4. The summed E-state index contributed by atoms with van der Waals surface area (Å²) in [6, 6.07) is 1.54. The highest BCUT2D eigenvalue weighted by molar-refractivity contribution is 8.03. The molecule has 1 saturated carbocycles. The Kier molecular flexibility index (Phi) is 3.57. The molecule has 0 unspecified atom stereocenters. The minimum Gasteiger partial charge on any atom is -0.364 e. The predicted octanol–water partition coefficient (Wildman–Crippen LogP) is 0.560. The van der Waals surface area contributed by atoms with Crippen LogP contribution >= 0.6 is 11.8 Å². The number of rotatable bonds is 5. The summed E-state index contributed by atoms with van der Waals surface area (Å²) >= 11 is 1.76. The summed E-state index contributed by atoms with van der Waals surface area (Å²) < 4.78 is 12.6. The van der Waals surface area contributed by atoms with Gasteiger partial charge in [-0.15, -0.1) is 11.8 Å².